The van der Waals surface area contributed by atoms with Gasteiger partial charge in [-0.2, -0.15) is 0 Å². The van der Waals surface area contributed by atoms with Crippen LogP contribution in [-0.2, 0) is 6.54 Å². The molecule has 0 aromatic heterocycles. The Bertz CT molecular complexity index is 397. The number of nitrogens with zero attached hydrogens (tertiary/aromatic N) is 1. The molecule has 0 saturated carbocycles. The minimum Gasteiger partial charge on any atom is -0.396 e. The van der Waals surface area contributed by atoms with E-state index in [1.54, 1.807) is 0 Å². The lowest BCUT2D eigenvalue weighted by Crippen LogP contribution is -2.22. The van der Waals surface area contributed by atoms with Crippen molar-refractivity contribution in [2.75, 3.05) is 31.6 Å². The van der Waals surface area contributed by atoms with Crippen LogP contribution >= 0.6 is 11.6 Å². The van der Waals surface area contributed by atoms with Crippen LogP contribution in [0.1, 0.15) is 18.4 Å². The van der Waals surface area contributed by atoms with Gasteiger partial charge in [-0.25, -0.2) is 0 Å². The van der Waals surface area contributed by atoms with Crippen LogP contribution in [-0.4, -0.2) is 31.9 Å². The Balaban J connectivity index is 2.16. The predicted molar refractivity (Wildman–Crippen MR) is 76.2 cm³/mol. The van der Waals surface area contributed by atoms with E-state index in [-0.39, 0.29) is 6.61 Å². The number of benzene rings is 1. The van der Waals surface area contributed by atoms with E-state index in [0.717, 1.165) is 37.5 Å². The molecule has 1 saturated heterocycles. The van der Waals surface area contributed by atoms with Crippen LogP contribution in [0.15, 0.2) is 18.2 Å². The van der Waals surface area contributed by atoms with Gasteiger partial charge in [-0.1, -0.05) is 17.7 Å². The van der Waals surface area contributed by atoms with Gasteiger partial charge in [0, 0.05) is 42.5 Å². The van der Waals surface area contributed by atoms with Gasteiger partial charge in [0.2, 0.25) is 0 Å². The monoisotopic (exact) mass is 268 g/mol. The molecule has 1 unspecified atom stereocenters. The van der Waals surface area contributed by atoms with Crippen LogP contribution in [0.3, 0.4) is 0 Å². The van der Waals surface area contributed by atoms with E-state index in [1.807, 2.05) is 19.2 Å². The van der Waals surface area contributed by atoms with E-state index in [9.17, 15) is 0 Å². The fraction of sp³-hybridized carbons (Fsp3) is 0.571. The molecule has 0 bridgehead atoms. The molecule has 0 aliphatic carbocycles. The smallest absolute Gasteiger partial charge is 0.0471 e. The Morgan fingerprint density at radius 1 is 1.50 bits per heavy atom. The van der Waals surface area contributed by atoms with Crippen LogP contribution in [0.4, 0.5) is 5.69 Å². The summed E-state index contributed by atoms with van der Waals surface area (Å²) in [4.78, 5) is 2.39. The Labute approximate surface area is 114 Å². The summed E-state index contributed by atoms with van der Waals surface area (Å²) < 4.78 is 0. The van der Waals surface area contributed by atoms with Gasteiger partial charge in [0.15, 0.2) is 0 Å². The van der Waals surface area contributed by atoms with Gasteiger partial charge in [-0.3, -0.25) is 0 Å². The quantitative estimate of drug-likeness (QED) is 0.860. The number of aliphatic hydroxyl groups is 1. The van der Waals surface area contributed by atoms with Gasteiger partial charge >= 0.3 is 0 Å². The maximum Gasteiger partial charge on any atom is 0.0471 e. The van der Waals surface area contributed by atoms with Crippen LogP contribution in [0.5, 0.6) is 0 Å². The van der Waals surface area contributed by atoms with Crippen molar-refractivity contribution in [2.24, 2.45) is 5.92 Å². The maximum absolute atomic E-state index is 9.02. The number of rotatable bonds is 5. The molecule has 2 N–H and O–H groups in total. The maximum atomic E-state index is 9.02. The highest BCUT2D eigenvalue weighted by molar-refractivity contribution is 6.31. The number of hydrogen-bond donors (Lipinski definition) is 2. The second kappa shape index (κ2) is 6.41. The summed E-state index contributed by atoms with van der Waals surface area (Å²) in [5.74, 6) is 0.608. The molecular formula is C14H21ClN2O. The predicted octanol–water partition coefficient (Wildman–Crippen LogP) is 2.27. The highest BCUT2D eigenvalue weighted by Crippen LogP contribution is 2.32. The summed E-state index contributed by atoms with van der Waals surface area (Å²) in [7, 11) is 1.94. The molecular weight excluding hydrogens is 248 g/mol. The molecule has 0 amide bonds. The zero-order valence-corrected chi connectivity index (χ0v) is 11.6. The van der Waals surface area contributed by atoms with Crippen molar-refractivity contribution >= 4 is 17.3 Å². The van der Waals surface area contributed by atoms with Crippen molar-refractivity contribution in [2.45, 2.75) is 19.4 Å². The number of hydrogen-bond acceptors (Lipinski definition) is 3. The Kier molecular flexibility index (Phi) is 4.87. The normalized spacial score (nSPS) is 19.5. The minimum atomic E-state index is 0.289. The molecule has 0 radical (unpaired) electrons. The van der Waals surface area contributed by atoms with Crippen LogP contribution in [0.25, 0.3) is 0 Å². The molecule has 1 atom stereocenters. The third-order valence-corrected chi connectivity index (χ3v) is 3.97. The second-order valence-corrected chi connectivity index (χ2v) is 5.29. The van der Waals surface area contributed by atoms with Crippen LogP contribution in [0, 0.1) is 5.92 Å². The van der Waals surface area contributed by atoms with Crippen molar-refractivity contribution in [1.82, 2.24) is 5.32 Å². The summed E-state index contributed by atoms with van der Waals surface area (Å²) in [6.45, 7) is 3.16. The topological polar surface area (TPSA) is 35.5 Å². The lowest BCUT2D eigenvalue weighted by atomic mass is 10.1. The third-order valence-electron chi connectivity index (χ3n) is 3.61. The van der Waals surface area contributed by atoms with E-state index in [1.165, 1.54) is 11.3 Å². The minimum absolute atomic E-state index is 0.289. The molecule has 1 aromatic rings. The van der Waals surface area contributed by atoms with Gasteiger partial charge in [-0.15, -0.1) is 0 Å². The highest BCUT2D eigenvalue weighted by atomic mass is 35.5. The molecule has 1 heterocycles. The third kappa shape index (κ3) is 2.97. The molecule has 18 heavy (non-hydrogen) atoms. The van der Waals surface area contributed by atoms with Gasteiger partial charge in [0.25, 0.3) is 0 Å². The lowest BCUT2D eigenvalue weighted by Gasteiger charge is -2.23. The Hall–Kier alpha value is -0.770. The fourth-order valence-electron chi connectivity index (χ4n) is 2.66. The summed E-state index contributed by atoms with van der Waals surface area (Å²) in [6.07, 6.45) is 2.06. The first-order valence-corrected chi connectivity index (χ1v) is 6.92. The van der Waals surface area contributed by atoms with E-state index in [2.05, 4.69) is 16.3 Å². The number of halogens is 1. The van der Waals surface area contributed by atoms with Gasteiger partial charge in [0.1, 0.15) is 0 Å². The SMILES string of the molecule is CNCc1c(Cl)cccc1N1CCC(CCO)C1. The molecule has 1 fully saturated rings. The van der Waals surface area contributed by atoms with E-state index < -0.39 is 0 Å². The molecule has 1 aromatic carbocycles. The van der Waals surface area contributed by atoms with E-state index >= 15 is 0 Å². The standard InChI is InChI=1S/C14H21ClN2O/c1-16-9-12-13(15)3-2-4-14(12)17-7-5-11(10-17)6-8-18/h2-4,11,16,18H,5-10H2,1H3. The van der Waals surface area contributed by atoms with Crippen molar-refractivity contribution in [1.29, 1.82) is 0 Å². The van der Waals surface area contributed by atoms with Crippen LogP contribution in [0.2, 0.25) is 5.02 Å². The molecule has 1 aliphatic heterocycles. The van der Waals surface area contributed by atoms with Crippen molar-refractivity contribution in [3.8, 4) is 0 Å². The lowest BCUT2D eigenvalue weighted by molar-refractivity contribution is 0.263. The molecule has 0 spiro atoms. The van der Waals surface area contributed by atoms with Crippen LogP contribution < -0.4 is 10.2 Å². The first-order chi connectivity index (χ1) is 8.76. The zero-order chi connectivity index (χ0) is 13.0. The zero-order valence-electron chi connectivity index (χ0n) is 10.8. The Morgan fingerprint density at radius 3 is 3.06 bits per heavy atom. The molecule has 1 aliphatic rings. The van der Waals surface area contributed by atoms with Crippen molar-refractivity contribution < 1.29 is 5.11 Å². The highest BCUT2D eigenvalue weighted by Gasteiger charge is 2.24. The molecule has 3 nitrogen and oxygen atoms in total. The summed E-state index contributed by atoms with van der Waals surface area (Å²) in [6, 6.07) is 6.09. The first kappa shape index (κ1) is 13.7. The van der Waals surface area contributed by atoms with Gasteiger partial charge in [-0.05, 0) is 37.9 Å². The van der Waals surface area contributed by atoms with Gasteiger partial charge in [0.05, 0.1) is 0 Å². The van der Waals surface area contributed by atoms with E-state index in [4.69, 9.17) is 16.7 Å². The number of aliphatic hydroxyl groups excluding tert-OH is 1. The summed E-state index contributed by atoms with van der Waals surface area (Å²) in [5.41, 5.74) is 2.41. The molecule has 2 rings (SSSR count). The summed E-state index contributed by atoms with van der Waals surface area (Å²) >= 11 is 6.28. The van der Waals surface area contributed by atoms with E-state index in [0.29, 0.717) is 5.92 Å². The molecule has 4 heteroatoms. The average molecular weight is 269 g/mol. The van der Waals surface area contributed by atoms with Crippen molar-refractivity contribution in [3.05, 3.63) is 28.8 Å². The second-order valence-electron chi connectivity index (χ2n) is 4.88. The number of anilines is 1. The summed E-state index contributed by atoms with van der Waals surface area (Å²) in [5, 5.41) is 13.0. The first-order valence-electron chi connectivity index (χ1n) is 6.54. The Morgan fingerprint density at radius 2 is 2.33 bits per heavy atom. The van der Waals surface area contributed by atoms with Gasteiger partial charge < -0.3 is 15.3 Å². The largest absolute Gasteiger partial charge is 0.396 e. The van der Waals surface area contributed by atoms with Crippen molar-refractivity contribution in [3.63, 3.8) is 0 Å². The average Bonchev–Trinajstić information content (AvgIpc) is 2.81. The fourth-order valence-corrected chi connectivity index (χ4v) is 2.90. The number of nitrogens with one attached hydrogen (secondary N) is 1. The molecule has 100 valence electrons.